The van der Waals surface area contributed by atoms with Gasteiger partial charge in [0, 0.05) is 29.7 Å². The molecule has 1 atom stereocenters. The van der Waals surface area contributed by atoms with Gasteiger partial charge in [0.25, 0.3) is 0 Å². The molecule has 0 saturated heterocycles. The zero-order valence-electron chi connectivity index (χ0n) is 18.7. The van der Waals surface area contributed by atoms with Crippen LogP contribution in [0.2, 0.25) is 0 Å². The second kappa shape index (κ2) is 9.94. The summed E-state index contributed by atoms with van der Waals surface area (Å²) >= 11 is 0. The first-order chi connectivity index (χ1) is 15.2. The number of carbonyl (C=O) groups is 2. The third-order valence-electron chi connectivity index (χ3n) is 5.45. The predicted molar refractivity (Wildman–Crippen MR) is 116 cm³/mol. The molecule has 1 aliphatic rings. The van der Waals surface area contributed by atoms with E-state index in [1.54, 1.807) is 26.2 Å². The molecular weight excluding hydrogens is 416 g/mol. The molecule has 32 heavy (non-hydrogen) atoms. The third-order valence-corrected chi connectivity index (χ3v) is 5.45. The molecule has 0 aliphatic carbocycles. The van der Waals surface area contributed by atoms with E-state index in [1.807, 2.05) is 26.0 Å². The summed E-state index contributed by atoms with van der Waals surface area (Å²) in [6.45, 7) is 5.66. The van der Waals surface area contributed by atoms with Gasteiger partial charge in [0.1, 0.15) is 17.4 Å². The molecule has 2 aromatic rings. The van der Waals surface area contributed by atoms with Crippen LogP contribution in [0.3, 0.4) is 0 Å². The molecule has 3 rings (SSSR count). The molecule has 1 unspecified atom stereocenters. The van der Waals surface area contributed by atoms with Gasteiger partial charge in [0.15, 0.2) is 0 Å². The van der Waals surface area contributed by atoms with E-state index in [-0.39, 0.29) is 37.0 Å². The standard InChI is InChI=1S/C25H27F2NO4/c1-15(2)14-32-25(30)24-16(3)28(13-18-5-8-19(26)11-22(18)27)23(29)12-21(24)17-6-9-20(31-4)10-7-17/h5-11,15,21H,12-14H2,1-4H3. The molecule has 0 bridgehead atoms. The highest BCUT2D eigenvalue weighted by atomic mass is 19.1. The molecule has 0 aromatic heterocycles. The van der Waals surface area contributed by atoms with Crippen LogP contribution in [0.25, 0.3) is 0 Å². The minimum atomic E-state index is -0.744. The first-order valence-electron chi connectivity index (χ1n) is 10.5. The Morgan fingerprint density at radius 2 is 1.84 bits per heavy atom. The lowest BCUT2D eigenvalue weighted by atomic mass is 9.83. The monoisotopic (exact) mass is 443 g/mol. The first kappa shape index (κ1) is 23.4. The van der Waals surface area contributed by atoms with Crippen LogP contribution in [0.4, 0.5) is 8.78 Å². The number of halogens is 2. The molecule has 0 spiro atoms. The van der Waals surface area contributed by atoms with E-state index in [1.165, 1.54) is 11.0 Å². The molecular formula is C25H27F2NO4. The zero-order valence-corrected chi connectivity index (χ0v) is 18.7. The van der Waals surface area contributed by atoms with E-state index in [0.717, 1.165) is 17.7 Å². The number of nitrogens with zero attached hydrogens (tertiary/aromatic N) is 1. The van der Waals surface area contributed by atoms with Crippen LogP contribution < -0.4 is 4.74 Å². The normalized spacial score (nSPS) is 16.5. The van der Waals surface area contributed by atoms with E-state index in [2.05, 4.69) is 0 Å². The summed E-state index contributed by atoms with van der Waals surface area (Å²) in [5.74, 6) is -1.89. The lowest BCUT2D eigenvalue weighted by molar-refractivity contribution is -0.141. The van der Waals surface area contributed by atoms with Gasteiger partial charge in [0.2, 0.25) is 5.91 Å². The van der Waals surface area contributed by atoms with E-state index in [4.69, 9.17) is 9.47 Å². The number of hydrogen-bond acceptors (Lipinski definition) is 4. The van der Waals surface area contributed by atoms with Gasteiger partial charge in [-0.15, -0.1) is 0 Å². The second-order valence-electron chi connectivity index (χ2n) is 8.24. The van der Waals surface area contributed by atoms with Crippen LogP contribution >= 0.6 is 0 Å². The molecule has 7 heteroatoms. The Hall–Kier alpha value is -3.22. The van der Waals surface area contributed by atoms with Gasteiger partial charge in [-0.2, -0.15) is 0 Å². The zero-order chi connectivity index (χ0) is 23.4. The van der Waals surface area contributed by atoms with E-state index in [9.17, 15) is 18.4 Å². The molecule has 0 fully saturated rings. The molecule has 1 amide bonds. The molecule has 2 aromatic carbocycles. The molecule has 0 saturated carbocycles. The van der Waals surface area contributed by atoms with Crippen molar-refractivity contribution in [2.45, 2.75) is 39.7 Å². The Morgan fingerprint density at radius 3 is 2.44 bits per heavy atom. The summed E-state index contributed by atoms with van der Waals surface area (Å²) in [5, 5.41) is 0. The Bertz CT molecular complexity index is 1030. The van der Waals surface area contributed by atoms with Crippen molar-refractivity contribution in [1.82, 2.24) is 4.90 Å². The molecule has 0 radical (unpaired) electrons. The molecule has 1 heterocycles. The van der Waals surface area contributed by atoms with Crippen LogP contribution in [-0.4, -0.2) is 30.5 Å². The van der Waals surface area contributed by atoms with Crippen LogP contribution in [0.15, 0.2) is 53.7 Å². The van der Waals surface area contributed by atoms with Gasteiger partial charge in [-0.1, -0.05) is 32.0 Å². The quantitative estimate of drug-likeness (QED) is 0.568. The Labute approximate surface area is 186 Å². The number of hydrogen-bond donors (Lipinski definition) is 0. The van der Waals surface area contributed by atoms with E-state index < -0.39 is 23.5 Å². The Balaban J connectivity index is 2.01. The average molecular weight is 443 g/mol. The van der Waals surface area contributed by atoms with Crippen LogP contribution in [0.1, 0.15) is 44.2 Å². The van der Waals surface area contributed by atoms with Crippen molar-refractivity contribution < 1.29 is 27.8 Å². The summed E-state index contributed by atoms with van der Waals surface area (Å²) in [4.78, 5) is 27.5. The van der Waals surface area contributed by atoms with Crippen molar-refractivity contribution in [1.29, 1.82) is 0 Å². The number of allylic oxidation sites excluding steroid dienone is 1. The summed E-state index contributed by atoms with van der Waals surface area (Å²) in [7, 11) is 1.56. The smallest absolute Gasteiger partial charge is 0.336 e. The van der Waals surface area contributed by atoms with Crippen LogP contribution in [0, 0.1) is 17.6 Å². The first-order valence-corrected chi connectivity index (χ1v) is 10.5. The number of benzene rings is 2. The van der Waals surface area contributed by atoms with Crippen molar-refractivity contribution in [2.24, 2.45) is 5.92 Å². The maximum Gasteiger partial charge on any atom is 0.336 e. The number of methoxy groups -OCH3 is 1. The maximum absolute atomic E-state index is 14.2. The minimum absolute atomic E-state index is 0.0264. The topological polar surface area (TPSA) is 55.8 Å². The van der Waals surface area contributed by atoms with Gasteiger partial charge in [-0.3, -0.25) is 4.79 Å². The lowest BCUT2D eigenvalue weighted by Gasteiger charge is -2.34. The fraction of sp³-hybridized carbons (Fsp3) is 0.360. The molecule has 0 N–H and O–H groups in total. The number of esters is 1. The largest absolute Gasteiger partial charge is 0.497 e. The summed E-state index contributed by atoms with van der Waals surface area (Å²) in [6, 6.07) is 10.4. The number of amides is 1. The highest BCUT2D eigenvalue weighted by molar-refractivity contribution is 5.95. The van der Waals surface area contributed by atoms with Crippen molar-refractivity contribution in [3.8, 4) is 5.75 Å². The number of rotatable bonds is 7. The van der Waals surface area contributed by atoms with E-state index in [0.29, 0.717) is 17.0 Å². The number of ether oxygens (including phenoxy) is 2. The van der Waals surface area contributed by atoms with Crippen molar-refractivity contribution in [2.75, 3.05) is 13.7 Å². The van der Waals surface area contributed by atoms with E-state index >= 15 is 0 Å². The van der Waals surface area contributed by atoms with Gasteiger partial charge >= 0.3 is 5.97 Å². The highest BCUT2D eigenvalue weighted by Crippen LogP contribution is 2.38. The van der Waals surface area contributed by atoms with Gasteiger partial charge < -0.3 is 14.4 Å². The van der Waals surface area contributed by atoms with Crippen molar-refractivity contribution in [3.63, 3.8) is 0 Å². The third kappa shape index (κ3) is 5.15. The second-order valence-corrected chi connectivity index (χ2v) is 8.24. The summed E-state index contributed by atoms with van der Waals surface area (Å²) < 4.78 is 38.2. The van der Waals surface area contributed by atoms with Crippen LogP contribution in [0.5, 0.6) is 5.75 Å². The highest BCUT2D eigenvalue weighted by Gasteiger charge is 2.37. The maximum atomic E-state index is 14.2. The summed E-state index contributed by atoms with van der Waals surface area (Å²) in [5.41, 5.74) is 1.71. The van der Waals surface area contributed by atoms with Gasteiger partial charge in [0.05, 0.1) is 25.8 Å². The van der Waals surface area contributed by atoms with Crippen molar-refractivity contribution >= 4 is 11.9 Å². The lowest BCUT2D eigenvalue weighted by Crippen LogP contribution is -2.38. The Morgan fingerprint density at radius 1 is 1.16 bits per heavy atom. The van der Waals surface area contributed by atoms with Gasteiger partial charge in [-0.25, -0.2) is 13.6 Å². The number of carbonyl (C=O) groups excluding carboxylic acids is 2. The molecule has 1 aliphatic heterocycles. The minimum Gasteiger partial charge on any atom is -0.497 e. The Kier molecular flexibility index (Phi) is 7.28. The molecule has 170 valence electrons. The SMILES string of the molecule is COc1ccc(C2CC(=O)N(Cc3ccc(F)cc3F)C(C)=C2C(=O)OCC(C)C)cc1. The van der Waals surface area contributed by atoms with Crippen molar-refractivity contribution in [3.05, 3.63) is 76.5 Å². The molecule has 5 nitrogen and oxygen atoms in total. The predicted octanol–water partition coefficient (Wildman–Crippen LogP) is 4.96. The fourth-order valence-corrected chi connectivity index (χ4v) is 3.73. The summed E-state index contributed by atoms with van der Waals surface area (Å²) in [6.07, 6.45) is 0.0264. The average Bonchev–Trinajstić information content (AvgIpc) is 2.76. The fourth-order valence-electron chi connectivity index (χ4n) is 3.73. The van der Waals surface area contributed by atoms with Gasteiger partial charge in [-0.05, 0) is 36.6 Å². The van der Waals surface area contributed by atoms with Crippen LogP contribution in [-0.2, 0) is 20.9 Å².